The fraction of sp³-hybridized carbons (Fsp3) is 1.00. The summed E-state index contributed by atoms with van der Waals surface area (Å²) >= 11 is 2.14. The molecule has 0 aromatic heterocycles. The van der Waals surface area contributed by atoms with Gasteiger partial charge in [0.25, 0.3) is 0 Å². The summed E-state index contributed by atoms with van der Waals surface area (Å²) < 4.78 is 0. The molecular formula is C11H22N2S. The molecule has 0 amide bonds. The molecule has 2 heterocycles. The van der Waals surface area contributed by atoms with Gasteiger partial charge in [-0.2, -0.15) is 0 Å². The Labute approximate surface area is 91.8 Å². The number of likely N-dealkylation sites (tertiary alicyclic amines) is 1. The zero-order valence-electron chi connectivity index (χ0n) is 9.60. The molecule has 2 rings (SSSR count). The maximum Gasteiger partial charge on any atom is 0.0670 e. The second-order valence-electron chi connectivity index (χ2n) is 5.43. The van der Waals surface area contributed by atoms with Crippen LogP contribution in [0.5, 0.6) is 0 Å². The number of rotatable bonds is 0. The van der Waals surface area contributed by atoms with Crippen molar-refractivity contribution in [1.82, 2.24) is 10.2 Å². The molecule has 0 bridgehead atoms. The second-order valence-corrected chi connectivity index (χ2v) is 6.91. The summed E-state index contributed by atoms with van der Waals surface area (Å²) in [4.78, 5) is 3.06. The maximum atomic E-state index is 3.68. The van der Waals surface area contributed by atoms with E-state index in [1.807, 2.05) is 0 Å². The number of hydrogen-bond donors (Lipinski definition) is 1. The Balaban J connectivity index is 1.92. The van der Waals surface area contributed by atoms with Gasteiger partial charge in [-0.3, -0.25) is 4.90 Å². The van der Waals surface area contributed by atoms with Gasteiger partial charge in [-0.1, -0.05) is 0 Å². The van der Waals surface area contributed by atoms with Crippen molar-refractivity contribution in [2.75, 3.05) is 25.4 Å². The molecule has 0 aliphatic carbocycles. The molecule has 2 nitrogen and oxygen atoms in total. The van der Waals surface area contributed by atoms with Crippen molar-refractivity contribution in [3.63, 3.8) is 0 Å². The molecule has 0 aromatic rings. The molecule has 3 heteroatoms. The third kappa shape index (κ3) is 2.10. The van der Waals surface area contributed by atoms with Crippen LogP contribution in [0, 0.1) is 0 Å². The van der Waals surface area contributed by atoms with E-state index in [1.54, 1.807) is 0 Å². The smallest absolute Gasteiger partial charge is 0.0670 e. The van der Waals surface area contributed by atoms with Crippen molar-refractivity contribution in [2.24, 2.45) is 0 Å². The average molecular weight is 214 g/mol. The van der Waals surface area contributed by atoms with E-state index in [-0.39, 0.29) is 0 Å². The van der Waals surface area contributed by atoms with Gasteiger partial charge in [0.2, 0.25) is 0 Å². The van der Waals surface area contributed by atoms with Crippen LogP contribution in [0.4, 0.5) is 0 Å². The van der Waals surface area contributed by atoms with E-state index in [4.69, 9.17) is 0 Å². The average Bonchev–Trinajstić information content (AvgIpc) is 2.53. The van der Waals surface area contributed by atoms with Gasteiger partial charge in [0.05, 0.1) is 4.87 Å². The summed E-state index contributed by atoms with van der Waals surface area (Å²) in [5, 5.41) is 3.68. The highest BCUT2D eigenvalue weighted by atomic mass is 32.2. The summed E-state index contributed by atoms with van der Waals surface area (Å²) in [5.41, 5.74) is 0.352. The molecule has 1 spiro atoms. The van der Waals surface area contributed by atoms with Crippen molar-refractivity contribution in [3.8, 4) is 0 Å². The topological polar surface area (TPSA) is 15.3 Å². The summed E-state index contributed by atoms with van der Waals surface area (Å²) in [6.07, 6.45) is 2.63. The summed E-state index contributed by atoms with van der Waals surface area (Å²) in [6, 6.07) is 0. The van der Waals surface area contributed by atoms with Crippen LogP contribution in [-0.4, -0.2) is 40.7 Å². The van der Waals surface area contributed by atoms with E-state index >= 15 is 0 Å². The van der Waals surface area contributed by atoms with Gasteiger partial charge < -0.3 is 5.32 Å². The first-order chi connectivity index (χ1) is 6.52. The third-order valence-corrected chi connectivity index (χ3v) is 4.96. The van der Waals surface area contributed by atoms with E-state index < -0.39 is 0 Å². The first-order valence-corrected chi connectivity index (χ1v) is 6.65. The maximum absolute atomic E-state index is 3.68. The predicted octanol–water partition coefficient (Wildman–Crippen LogP) is 1.91. The zero-order valence-corrected chi connectivity index (χ0v) is 10.4. The van der Waals surface area contributed by atoms with Crippen molar-refractivity contribution in [2.45, 2.75) is 44.0 Å². The van der Waals surface area contributed by atoms with Gasteiger partial charge in [0.15, 0.2) is 0 Å². The Bertz CT molecular complexity index is 194. The number of nitrogens with one attached hydrogen (secondary N) is 1. The molecule has 2 saturated heterocycles. The van der Waals surface area contributed by atoms with Crippen LogP contribution in [0.2, 0.25) is 0 Å². The monoisotopic (exact) mass is 214 g/mol. The number of nitrogens with zero attached hydrogens (tertiary/aromatic N) is 1. The minimum atomic E-state index is 0.352. The Morgan fingerprint density at radius 2 is 1.86 bits per heavy atom. The number of hydrogen-bond acceptors (Lipinski definition) is 3. The van der Waals surface area contributed by atoms with E-state index in [2.05, 4.69) is 42.7 Å². The lowest BCUT2D eigenvalue weighted by Crippen LogP contribution is -2.53. The first kappa shape index (κ1) is 10.8. The van der Waals surface area contributed by atoms with Crippen LogP contribution >= 0.6 is 11.8 Å². The Morgan fingerprint density at radius 3 is 2.29 bits per heavy atom. The molecule has 0 radical (unpaired) electrons. The summed E-state index contributed by atoms with van der Waals surface area (Å²) in [5.74, 6) is 1.30. The lowest BCUT2D eigenvalue weighted by molar-refractivity contribution is 0.0911. The number of thioether (sulfide) groups is 1. The second kappa shape index (κ2) is 3.69. The Hall–Kier alpha value is 0.270. The van der Waals surface area contributed by atoms with Gasteiger partial charge in [0, 0.05) is 30.9 Å². The molecule has 2 aliphatic heterocycles. The van der Waals surface area contributed by atoms with E-state index in [1.165, 1.54) is 38.2 Å². The molecule has 2 fully saturated rings. The minimum Gasteiger partial charge on any atom is -0.302 e. The highest BCUT2D eigenvalue weighted by Crippen LogP contribution is 2.38. The third-order valence-electron chi connectivity index (χ3n) is 3.45. The van der Waals surface area contributed by atoms with Crippen LogP contribution in [0.1, 0.15) is 33.6 Å². The van der Waals surface area contributed by atoms with Crippen molar-refractivity contribution < 1.29 is 0 Å². The van der Waals surface area contributed by atoms with Crippen molar-refractivity contribution in [1.29, 1.82) is 0 Å². The molecule has 0 aromatic carbocycles. The quantitative estimate of drug-likeness (QED) is 0.663. The molecule has 1 N–H and O–H groups in total. The number of piperidine rings is 1. The molecule has 0 saturated carbocycles. The zero-order chi connectivity index (χ0) is 10.2. The normalized spacial score (nSPS) is 28.5. The van der Waals surface area contributed by atoms with Crippen molar-refractivity contribution >= 4 is 11.8 Å². The van der Waals surface area contributed by atoms with E-state index in [0.29, 0.717) is 10.4 Å². The SMILES string of the molecule is CC(C)(C)N1CCC2(CC1)NCCS2. The van der Waals surface area contributed by atoms with Crippen LogP contribution in [0.15, 0.2) is 0 Å². The highest BCUT2D eigenvalue weighted by Gasteiger charge is 2.39. The van der Waals surface area contributed by atoms with Gasteiger partial charge in [-0.15, -0.1) is 11.8 Å². The van der Waals surface area contributed by atoms with E-state index in [0.717, 1.165) is 0 Å². The highest BCUT2D eigenvalue weighted by molar-refractivity contribution is 8.00. The van der Waals surface area contributed by atoms with Crippen molar-refractivity contribution in [3.05, 3.63) is 0 Å². The molecule has 2 aliphatic rings. The largest absolute Gasteiger partial charge is 0.302 e. The Kier molecular flexibility index (Phi) is 2.84. The van der Waals surface area contributed by atoms with Gasteiger partial charge >= 0.3 is 0 Å². The standard InChI is InChI=1S/C11H22N2S/c1-10(2,3)13-7-4-11(5-8-13)12-6-9-14-11/h12H,4-9H2,1-3H3. The lowest BCUT2D eigenvalue weighted by atomic mass is 9.97. The minimum absolute atomic E-state index is 0.352. The van der Waals surface area contributed by atoms with Crippen LogP contribution in [0.3, 0.4) is 0 Å². The predicted molar refractivity (Wildman–Crippen MR) is 63.8 cm³/mol. The van der Waals surface area contributed by atoms with Crippen LogP contribution < -0.4 is 5.32 Å². The fourth-order valence-electron chi connectivity index (χ4n) is 2.44. The molecule has 0 unspecified atom stereocenters. The molecule has 82 valence electrons. The van der Waals surface area contributed by atoms with E-state index in [9.17, 15) is 0 Å². The summed E-state index contributed by atoms with van der Waals surface area (Å²) in [7, 11) is 0. The first-order valence-electron chi connectivity index (χ1n) is 5.66. The summed E-state index contributed by atoms with van der Waals surface area (Å²) in [6.45, 7) is 10.7. The molecule has 14 heavy (non-hydrogen) atoms. The van der Waals surface area contributed by atoms with Crippen LogP contribution in [0.25, 0.3) is 0 Å². The van der Waals surface area contributed by atoms with Gasteiger partial charge in [-0.05, 0) is 33.6 Å². The molecule has 0 atom stereocenters. The Morgan fingerprint density at radius 1 is 1.21 bits per heavy atom. The van der Waals surface area contributed by atoms with Gasteiger partial charge in [-0.25, -0.2) is 0 Å². The fourth-order valence-corrected chi connectivity index (χ4v) is 3.71. The lowest BCUT2D eigenvalue weighted by Gasteiger charge is -2.44. The van der Waals surface area contributed by atoms with Gasteiger partial charge in [0.1, 0.15) is 0 Å². The molecular weight excluding hydrogens is 192 g/mol. The van der Waals surface area contributed by atoms with Crippen LogP contribution in [-0.2, 0) is 0 Å².